The van der Waals surface area contributed by atoms with Crippen LogP contribution in [0, 0.1) is 0 Å². The van der Waals surface area contributed by atoms with E-state index in [1.165, 1.54) is 6.92 Å². The third kappa shape index (κ3) is 3.11. The first-order chi connectivity index (χ1) is 11.1. The summed E-state index contributed by atoms with van der Waals surface area (Å²) in [6.07, 6.45) is 0. The highest BCUT2D eigenvalue weighted by Gasteiger charge is 2.23. The molecule has 0 amide bonds. The Morgan fingerprint density at radius 3 is 2.78 bits per heavy atom. The minimum Gasteiger partial charge on any atom is -0.488 e. The Labute approximate surface area is 135 Å². The second-order valence-corrected chi connectivity index (χ2v) is 5.73. The average molecular weight is 310 g/mol. The molecule has 1 aliphatic heterocycles. The smallest absolute Gasteiger partial charge is 0.302 e. The molecule has 0 radical (unpaired) electrons. The largest absolute Gasteiger partial charge is 0.488 e. The van der Waals surface area contributed by atoms with Gasteiger partial charge in [-0.15, -0.1) is 0 Å². The summed E-state index contributed by atoms with van der Waals surface area (Å²) in [6, 6.07) is 13.1. The molecule has 1 heterocycles. The van der Waals surface area contributed by atoms with Crippen LogP contribution in [0.4, 0.5) is 0 Å². The van der Waals surface area contributed by atoms with Crippen LogP contribution < -0.4 is 4.74 Å². The number of ketones is 1. The monoisotopic (exact) mass is 310 g/mol. The van der Waals surface area contributed by atoms with Gasteiger partial charge in [0.2, 0.25) is 0 Å². The number of ether oxygens (including phenoxy) is 2. The molecule has 2 aromatic carbocycles. The van der Waals surface area contributed by atoms with E-state index >= 15 is 0 Å². The van der Waals surface area contributed by atoms with E-state index in [2.05, 4.69) is 0 Å². The van der Waals surface area contributed by atoms with Crippen molar-refractivity contribution in [3.8, 4) is 5.75 Å². The van der Waals surface area contributed by atoms with Crippen molar-refractivity contribution >= 4 is 11.8 Å². The molecule has 4 heteroatoms. The van der Waals surface area contributed by atoms with Crippen LogP contribution in [0.15, 0.2) is 42.5 Å². The molecule has 118 valence electrons. The molecule has 2 aromatic rings. The second-order valence-electron chi connectivity index (χ2n) is 5.73. The molecule has 0 saturated carbocycles. The standard InChI is InChI=1S/C19H18O4/c1-12(10-22-13(2)20)14-7-8-18-17(9-14)19(21)16-6-4-3-5-15(16)11-23-18/h3-9,12H,10-11H2,1-2H3. The minimum absolute atomic E-state index is 0.00972. The Hall–Kier alpha value is -2.62. The molecule has 0 spiro atoms. The lowest BCUT2D eigenvalue weighted by Gasteiger charge is -2.14. The van der Waals surface area contributed by atoms with Gasteiger partial charge in [0.15, 0.2) is 5.78 Å². The van der Waals surface area contributed by atoms with Crippen molar-refractivity contribution in [2.45, 2.75) is 26.4 Å². The van der Waals surface area contributed by atoms with Crippen LogP contribution in [-0.2, 0) is 16.1 Å². The van der Waals surface area contributed by atoms with Crippen LogP contribution in [-0.4, -0.2) is 18.4 Å². The van der Waals surface area contributed by atoms with Gasteiger partial charge in [0.25, 0.3) is 0 Å². The molecule has 1 atom stereocenters. The Morgan fingerprint density at radius 2 is 2.00 bits per heavy atom. The van der Waals surface area contributed by atoms with Crippen LogP contribution in [0.2, 0.25) is 0 Å². The van der Waals surface area contributed by atoms with E-state index in [1.807, 2.05) is 49.4 Å². The first-order valence-corrected chi connectivity index (χ1v) is 7.59. The van der Waals surface area contributed by atoms with Crippen LogP contribution in [0.3, 0.4) is 0 Å². The normalized spacial score (nSPS) is 14.1. The minimum atomic E-state index is -0.306. The Morgan fingerprint density at radius 1 is 1.22 bits per heavy atom. The molecular formula is C19H18O4. The van der Waals surface area contributed by atoms with Crippen molar-refractivity contribution in [3.05, 3.63) is 64.7 Å². The molecular weight excluding hydrogens is 292 g/mol. The van der Waals surface area contributed by atoms with Crippen molar-refractivity contribution in [2.24, 2.45) is 0 Å². The van der Waals surface area contributed by atoms with E-state index in [4.69, 9.17) is 9.47 Å². The van der Waals surface area contributed by atoms with Gasteiger partial charge in [-0.2, -0.15) is 0 Å². The number of hydrogen-bond donors (Lipinski definition) is 0. The van der Waals surface area contributed by atoms with Crippen LogP contribution in [0.5, 0.6) is 5.75 Å². The van der Waals surface area contributed by atoms with Gasteiger partial charge in [0, 0.05) is 24.0 Å². The maximum Gasteiger partial charge on any atom is 0.302 e. The third-order valence-electron chi connectivity index (χ3n) is 4.00. The maximum atomic E-state index is 12.8. The lowest BCUT2D eigenvalue weighted by molar-refractivity contribution is -0.141. The molecule has 1 unspecified atom stereocenters. The second kappa shape index (κ2) is 6.24. The summed E-state index contributed by atoms with van der Waals surface area (Å²) in [5.41, 5.74) is 3.07. The predicted octanol–water partition coefficient (Wildman–Crippen LogP) is 3.48. The molecule has 1 aliphatic rings. The zero-order valence-electron chi connectivity index (χ0n) is 13.2. The maximum absolute atomic E-state index is 12.8. The number of esters is 1. The van der Waals surface area contributed by atoms with E-state index in [1.54, 1.807) is 0 Å². The quantitative estimate of drug-likeness (QED) is 0.815. The number of benzene rings is 2. The van der Waals surface area contributed by atoms with E-state index in [9.17, 15) is 9.59 Å². The lowest BCUT2D eigenvalue weighted by atomic mass is 9.94. The highest BCUT2D eigenvalue weighted by molar-refractivity contribution is 6.12. The molecule has 0 bridgehead atoms. The molecule has 3 rings (SSSR count). The number of carbonyl (C=O) groups excluding carboxylic acids is 2. The van der Waals surface area contributed by atoms with Crippen molar-refractivity contribution in [2.75, 3.05) is 6.61 Å². The van der Waals surface area contributed by atoms with Gasteiger partial charge >= 0.3 is 5.97 Å². The zero-order chi connectivity index (χ0) is 16.4. The number of hydrogen-bond acceptors (Lipinski definition) is 4. The van der Waals surface area contributed by atoms with Crippen molar-refractivity contribution in [3.63, 3.8) is 0 Å². The molecule has 0 aromatic heterocycles. The summed E-state index contributed by atoms with van der Waals surface area (Å²) in [4.78, 5) is 23.8. The number of rotatable bonds is 3. The van der Waals surface area contributed by atoms with E-state index in [-0.39, 0.29) is 17.7 Å². The molecule has 0 N–H and O–H groups in total. The predicted molar refractivity (Wildman–Crippen MR) is 85.7 cm³/mol. The first kappa shape index (κ1) is 15.3. The molecule has 0 aliphatic carbocycles. The highest BCUT2D eigenvalue weighted by atomic mass is 16.5. The van der Waals surface area contributed by atoms with Crippen LogP contribution >= 0.6 is 0 Å². The molecule has 0 fully saturated rings. The van der Waals surface area contributed by atoms with E-state index in [0.29, 0.717) is 30.1 Å². The third-order valence-corrected chi connectivity index (χ3v) is 4.00. The van der Waals surface area contributed by atoms with Gasteiger partial charge in [0.1, 0.15) is 12.4 Å². The fourth-order valence-electron chi connectivity index (χ4n) is 2.66. The summed E-state index contributed by atoms with van der Waals surface area (Å²) in [5, 5.41) is 0. The average Bonchev–Trinajstić information content (AvgIpc) is 2.70. The highest BCUT2D eigenvalue weighted by Crippen LogP contribution is 2.31. The molecule has 4 nitrogen and oxygen atoms in total. The molecule has 0 saturated heterocycles. The van der Waals surface area contributed by atoms with Crippen molar-refractivity contribution < 1.29 is 19.1 Å². The zero-order valence-corrected chi connectivity index (χ0v) is 13.2. The van der Waals surface area contributed by atoms with Gasteiger partial charge < -0.3 is 9.47 Å². The summed E-state index contributed by atoms with van der Waals surface area (Å²) in [7, 11) is 0. The van der Waals surface area contributed by atoms with E-state index in [0.717, 1.165) is 11.1 Å². The summed E-state index contributed by atoms with van der Waals surface area (Å²) < 4.78 is 10.8. The Balaban J connectivity index is 1.94. The summed E-state index contributed by atoms with van der Waals surface area (Å²) in [6.45, 7) is 4.02. The van der Waals surface area contributed by atoms with Crippen LogP contribution in [0.1, 0.15) is 46.8 Å². The van der Waals surface area contributed by atoms with Crippen molar-refractivity contribution in [1.82, 2.24) is 0 Å². The van der Waals surface area contributed by atoms with Crippen molar-refractivity contribution in [1.29, 1.82) is 0 Å². The van der Waals surface area contributed by atoms with E-state index < -0.39 is 0 Å². The first-order valence-electron chi connectivity index (χ1n) is 7.59. The van der Waals surface area contributed by atoms with Gasteiger partial charge in [-0.05, 0) is 17.7 Å². The fraction of sp³-hybridized carbons (Fsp3) is 0.263. The SMILES string of the molecule is CC(=O)OCC(C)c1ccc2c(c1)C(=O)c1ccccc1CO2. The number of carbonyl (C=O) groups is 2. The number of fused-ring (bicyclic) bond motifs is 2. The van der Waals surface area contributed by atoms with Gasteiger partial charge in [-0.25, -0.2) is 0 Å². The van der Waals surface area contributed by atoms with Gasteiger partial charge in [-0.1, -0.05) is 37.3 Å². The fourth-order valence-corrected chi connectivity index (χ4v) is 2.66. The Bertz CT molecular complexity index is 764. The Kier molecular flexibility index (Phi) is 4.15. The summed E-state index contributed by atoms with van der Waals surface area (Å²) in [5.74, 6) is 0.264. The topological polar surface area (TPSA) is 52.6 Å². The van der Waals surface area contributed by atoms with Crippen LogP contribution in [0.25, 0.3) is 0 Å². The summed E-state index contributed by atoms with van der Waals surface area (Å²) >= 11 is 0. The lowest BCUT2D eigenvalue weighted by Crippen LogP contribution is -2.09. The van der Waals surface area contributed by atoms with Gasteiger partial charge in [0.05, 0.1) is 12.2 Å². The molecule has 23 heavy (non-hydrogen) atoms. The van der Waals surface area contributed by atoms with Gasteiger partial charge in [-0.3, -0.25) is 9.59 Å².